The lowest BCUT2D eigenvalue weighted by molar-refractivity contribution is -0.534. The number of carbonyl (C=O) groups is 1. The number of hydrazine groups is 1. The number of rotatable bonds is 4. The molecular formula is C18H18N3O2S+. The molecule has 5 nitrogen and oxygen atoms in total. The first-order chi connectivity index (χ1) is 11.7. The summed E-state index contributed by atoms with van der Waals surface area (Å²) in [6.45, 7) is 0. The zero-order valence-corrected chi connectivity index (χ0v) is 14.4. The van der Waals surface area contributed by atoms with E-state index in [1.165, 1.54) is 19.1 Å². The molecule has 24 heavy (non-hydrogen) atoms. The predicted octanol–water partition coefficient (Wildman–Crippen LogP) is 2.70. The zero-order chi connectivity index (χ0) is 16.9. The molecule has 0 spiro atoms. The maximum Gasteiger partial charge on any atom is 0.310 e. The Morgan fingerprint density at radius 1 is 1.21 bits per heavy atom. The van der Waals surface area contributed by atoms with Gasteiger partial charge in [0.15, 0.2) is 11.9 Å². The summed E-state index contributed by atoms with van der Waals surface area (Å²) in [7, 11) is 3.29. The smallest absolute Gasteiger partial charge is 0.310 e. The highest BCUT2D eigenvalue weighted by Gasteiger charge is 2.29. The van der Waals surface area contributed by atoms with Gasteiger partial charge < -0.3 is 4.74 Å². The van der Waals surface area contributed by atoms with Crippen molar-refractivity contribution in [2.24, 2.45) is 5.10 Å². The maximum absolute atomic E-state index is 11.6. The van der Waals surface area contributed by atoms with E-state index in [1.54, 1.807) is 5.12 Å². The summed E-state index contributed by atoms with van der Waals surface area (Å²) in [6.07, 6.45) is 2.22. The monoisotopic (exact) mass is 340 g/mol. The topological polar surface area (TPSA) is 44.9 Å². The van der Waals surface area contributed by atoms with Crippen molar-refractivity contribution in [2.75, 3.05) is 14.2 Å². The van der Waals surface area contributed by atoms with Crippen molar-refractivity contribution in [3.63, 3.8) is 0 Å². The van der Waals surface area contributed by atoms with Crippen LogP contribution in [0.25, 0.3) is 0 Å². The van der Waals surface area contributed by atoms with Crippen LogP contribution >= 0.6 is 11.9 Å². The van der Waals surface area contributed by atoms with E-state index in [1.807, 2.05) is 71.9 Å². The third-order valence-corrected chi connectivity index (χ3v) is 4.61. The van der Waals surface area contributed by atoms with Gasteiger partial charge >= 0.3 is 5.97 Å². The Balaban J connectivity index is 1.85. The van der Waals surface area contributed by atoms with Gasteiger partial charge in [-0.1, -0.05) is 46.6 Å². The third-order valence-electron chi connectivity index (χ3n) is 3.59. The van der Waals surface area contributed by atoms with Crippen LogP contribution in [0.2, 0.25) is 0 Å². The van der Waals surface area contributed by atoms with Gasteiger partial charge in [-0.05, 0) is 22.8 Å². The van der Waals surface area contributed by atoms with E-state index in [0.717, 1.165) is 21.7 Å². The summed E-state index contributed by atoms with van der Waals surface area (Å²) in [5, 5.41) is 7.27. The first-order valence-corrected chi connectivity index (χ1v) is 8.29. The largest absolute Gasteiger partial charge is 0.469 e. The molecule has 2 aromatic rings. The van der Waals surface area contributed by atoms with Gasteiger partial charge in [0.05, 0.1) is 25.7 Å². The normalized spacial score (nSPS) is 15.5. The van der Waals surface area contributed by atoms with E-state index in [9.17, 15) is 4.79 Å². The molecule has 0 saturated heterocycles. The Bertz CT molecular complexity index is 803. The van der Waals surface area contributed by atoms with E-state index in [2.05, 4.69) is 5.10 Å². The Labute approximate surface area is 145 Å². The number of hydrazone groups is 2. The molecule has 6 heteroatoms. The molecule has 2 aromatic carbocycles. The molecule has 0 bridgehead atoms. The van der Waals surface area contributed by atoms with Gasteiger partial charge in [-0.2, -0.15) is 0 Å². The molecule has 1 aliphatic rings. The van der Waals surface area contributed by atoms with Crippen LogP contribution < -0.4 is 0 Å². The van der Waals surface area contributed by atoms with Gasteiger partial charge in [0.2, 0.25) is 0 Å². The lowest BCUT2D eigenvalue weighted by atomic mass is 10.1. The van der Waals surface area contributed by atoms with Gasteiger partial charge in [0.25, 0.3) is 5.04 Å². The standard InChI is InChI=1S/C18H18N3O2S/c1-20-19-18(14-8-4-3-5-9-14)24-21(20)13-16-11-7-6-10-15(16)12-17(22)23-2/h3-11,13H,12H2,1-2H3/q+1. The molecule has 0 unspecified atom stereocenters. The molecule has 0 radical (unpaired) electrons. The Kier molecular flexibility index (Phi) is 4.96. The Hall–Kier alpha value is -2.60. The lowest BCUT2D eigenvalue weighted by Crippen LogP contribution is -2.18. The Morgan fingerprint density at radius 2 is 1.92 bits per heavy atom. The fourth-order valence-electron chi connectivity index (χ4n) is 2.31. The number of esters is 1. The molecule has 122 valence electrons. The third kappa shape index (κ3) is 3.65. The van der Waals surface area contributed by atoms with Crippen molar-refractivity contribution < 1.29 is 13.6 Å². The van der Waals surface area contributed by atoms with E-state index >= 15 is 0 Å². The van der Waals surface area contributed by atoms with Gasteiger partial charge in [-0.25, -0.2) is 0 Å². The first kappa shape index (κ1) is 16.3. The summed E-state index contributed by atoms with van der Waals surface area (Å²) in [6, 6.07) is 17.8. The molecule has 0 fully saturated rings. The van der Waals surface area contributed by atoms with Crippen LogP contribution in [0.3, 0.4) is 0 Å². The van der Waals surface area contributed by atoms with Crippen molar-refractivity contribution in [3.05, 3.63) is 71.3 Å². The first-order valence-electron chi connectivity index (χ1n) is 7.52. The number of methoxy groups -OCH3 is 1. The summed E-state index contributed by atoms with van der Waals surface area (Å²) in [4.78, 5) is 11.6. The van der Waals surface area contributed by atoms with Gasteiger partial charge in [0, 0.05) is 11.1 Å². The molecular weight excluding hydrogens is 322 g/mol. The number of ether oxygens (including phenoxy) is 1. The molecule has 3 rings (SSSR count). The molecule has 0 N–H and O–H groups in total. The summed E-state index contributed by atoms with van der Waals surface area (Å²) < 4.78 is 6.71. The summed E-state index contributed by atoms with van der Waals surface area (Å²) in [5.41, 5.74) is 2.96. The average Bonchev–Trinajstić information content (AvgIpc) is 2.98. The minimum absolute atomic E-state index is 0.248. The minimum atomic E-state index is -0.250. The van der Waals surface area contributed by atoms with Crippen LogP contribution in [0.1, 0.15) is 16.7 Å². The fraction of sp³-hybridized carbons (Fsp3) is 0.167. The average molecular weight is 340 g/mol. The number of hydrogen-bond acceptors (Lipinski definition) is 5. The number of carbonyl (C=O) groups excluding carboxylic acids is 1. The predicted molar refractivity (Wildman–Crippen MR) is 95.9 cm³/mol. The second-order valence-electron chi connectivity index (χ2n) is 5.24. The van der Waals surface area contributed by atoms with Crippen molar-refractivity contribution in [3.8, 4) is 0 Å². The fourth-order valence-corrected chi connectivity index (χ4v) is 3.20. The van der Waals surface area contributed by atoms with E-state index in [-0.39, 0.29) is 12.4 Å². The molecule has 0 aromatic heterocycles. The number of benzene rings is 2. The van der Waals surface area contributed by atoms with Crippen LogP contribution in [0.4, 0.5) is 0 Å². The van der Waals surface area contributed by atoms with Crippen LogP contribution in [-0.2, 0) is 16.0 Å². The van der Waals surface area contributed by atoms with Crippen molar-refractivity contribution in [1.29, 1.82) is 0 Å². The van der Waals surface area contributed by atoms with E-state index < -0.39 is 0 Å². The Morgan fingerprint density at radius 3 is 2.67 bits per heavy atom. The highest BCUT2D eigenvalue weighted by molar-refractivity contribution is 8.09. The van der Waals surface area contributed by atoms with Crippen LogP contribution in [0, 0.1) is 0 Å². The van der Waals surface area contributed by atoms with Crippen LogP contribution in [0.5, 0.6) is 0 Å². The van der Waals surface area contributed by atoms with E-state index in [4.69, 9.17) is 4.74 Å². The molecule has 0 aliphatic carbocycles. The molecule has 1 heterocycles. The maximum atomic E-state index is 11.6. The van der Waals surface area contributed by atoms with Crippen molar-refractivity contribution >= 4 is 29.2 Å². The van der Waals surface area contributed by atoms with Gasteiger partial charge in [0.1, 0.15) is 6.21 Å². The van der Waals surface area contributed by atoms with Gasteiger partial charge in [-0.3, -0.25) is 4.79 Å². The second kappa shape index (κ2) is 7.31. The minimum Gasteiger partial charge on any atom is -0.469 e. The lowest BCUT2D eigenvalue weighted by Gasteiger charge is -2.05. The number of nitrogens with zero attached hydrogens (tertiary/aromatic N) is 3. The van der Waals surface area contributed by atoms with E-state index in [0.29, 0.717) is 0 Å². The quantitative estimate of drug-likeness (QED) is 0.488. The molecule has 0 amide bonds. The SMILES string of the molecule is COC(=O)Cc1ccccc1C=[N+]1SC(c2ccccc2)=NN1C. The molecule has 1 aliphatic heterocycles. The zero-order valence-electron chi connectivity index (χ0n) is 13.5. The van der Waals surface area contributed by atoms with Crippen LogP contribution in [-0.4, -0.2) is 40.6 Å². The molecule has 0 atom stereocenters. The van der Waals surface area contributed by atoms with Crippen LogP contribution in [0.15, 0.2) is 59.7 Å². The van der Waals surface area contributed by atoms with Gasteiger partial charge in [-0.15, -0.1) is 0 Å². The highest BCUT2D eigenvalue weighted by Crippen LogP contribution is 2.23. The van der Waals surface area contributed by atoms with Crippen molar-refractivity contribution in [2.45, 2.75) is 6.42 Å². The second-order valence-corrected chi connectivity index (χ2v) is 6.18. The summed E-state index contributed by atoms with van der Waals surface area (Å²) in [5.74, 6) is -0.250. The number of hydrogen-bond donors (Lipinski definition) is 0. The highest BCUT2D eigenvalue weighted by atomic mass is 32.2. The molecule has 0 saturated carbocycles. The summed E-state index contributed by atoms with van der Waals surface area (Å²) >= 11 is 1.54. The van der Waals surface area contributed by atoms with Crippen molar-refractivity contribution in [1.82, 2.24) is 5.12 Å².